The summed E-state index contributed by atoms with van der Waals surface area (Å²) >= 11 is 0. The molecule has 27 heavy (non-hydrogen) atoms. The minimum atomic E-state index is 0.0549. The molecule has 0 spiro atoms. The predicted octanol–water partition coefficient (Wildman–Crippen LogP) is 2.29. The molecule has 6 heteroatoms. The van der Waals surface area contributed by atoms with Gasteiger partial charge in [0.25, 0.3) is 0 Å². The predicted molar refractivity (Wildman–Crippen MR) is 105 cm³/mol. The number of amides is 3. The zero-order valence-electron chi connectivity index (χ0n) is 16.7. The Kier molecular flexibility index (Phi) is 6.21. The summed E-state index contributed by atoms with van der Waals surface area (Å²) in [6.45, 7) is 5.86. The summed E-state index contributed by atoms with van der Waals surface area (Å²) < 4.78 is 0. The Bertz CT molecular complexity index is 522. The topological polar surface area (TPSA) is 55.9 Å². The van der Waals surface area contributed by atoms with Crippen LogP contribution in [-0.2, 0) is 4.79 Å². The van der Waals surface area contributed by atoms with Crippen LogP contribution in [0.15, 0.2) is 0 Å². The quantitative estimate of drug-likeness (QED) is 0.801. The van der Waals surface area contributed by atoms with Gasteiger partial charge in [0.15, 0.2) is 0 Å². The number of urea groups is 1. The van der Waals surface area contributed by atoms with Crippen molar-refractivity contribution in [1.82, 2.24) is 20.0 Å². The molecule has 4 rings (SSSR count). The average Bonchev–Trinajstić information content (AvgIpc) is 3.45. The van der Waals surface area contributed by atoms with E-state index in [9.17, 15) is 9.59 Å². The first-order valence-electron chi connectivity index (χ1n) is 11.2. The third-order valence-electron chi connectivity index (χ3n) is 7.03. The maximum absolute atomic E-state index is 12.5. The van der Waals surface area contributed by atoms with E-state index in [4.69, 9.17) is 0 Å². The number of rotatable bonds is 5. The van der Waals surface area contributed by atoms with E-state index in [0.29, 0.717) is 50.3 Å². The monoisotopic (exact) mass is 376 g/mol. The smallest absolute Gasteiger partial charge is 0.317 e. The van der Waals surface area contributed by atoms with E-state index in [2.05, 4.69) is 10.2 Å². The van der Waals surface area contributed by atoms with Gasteiger partial charge in [0.2, 0.25) is 5.91 Å². The van der Waals surface area contributed by atoms with E-state index in [1.165, 1.54) is 57.9 Å². The standard InChI is InChI=1S/C21H36N4O2/c26-20(14-17-4-2-1-3-5-17)23-10-12-24(13-11-23)21(27)22-15-18-8-9-25(16-18)19-6-7-19/h17-19H,1-16H2,(H,22,27). The normalized spacial score (nSPS) is 27.8. The molecule has 4 fully saturated rings. The first-order chi connectivity index (χ1) is 13.2. The largest absolute Gasteiger partial charge is 0.339 e. The molecule has 0 radical (unpaired) electrons. The molecule has 0 aromatic heterocycles. The highest BCUT2D eigenvalue weighted by atomic mass is 16.2. The molecular formula is C21H36N4O2. The lowest BCUT2D eigenvalue weighted by atomic mass is 9.86. The Morgan fingerprint density at radius 3 is 2.19 bits per heavy atom. The maximum Gasteiger partial charge on any atom is 0.317 e. The fourth-order valence-electron chi connectivity index (χ4n) is 5.07. The first-order valence-corrected chi connectivity index (χ1v) is 11.2. The number of carbonyl (C=O) groups excluding carboxylic acids is 2. The number of likely N-dealkylation sites (tertiary alicyclic amines) is 1. The van der Waals surface area contributed by atoms with Gasteiger partial charge < -0.3 is 20.0 Å². The third kappa shape index (κ3) is 5.15. The van der Waals surface area contributed by atoms with Crippen molar-refractivity contribution in [2.24, 2.45) is 11.8 Å². The number of piperazine rings is 1. The highest BCUT2D eigenvalue weighted by Gasteiger charge is 2.34. The van der Waals surface area contributed by atoms with Gasteiger partial charge >= 0.3 is 6.03 Å². The molecule has 6 nitrogen and oxygen atoms in total. The second-order valence-corrected chi connectivity index (χ2v) is 9.14. The molecule has 0 aromatic carbocycles. The molecule has 3 amide bonds. The highest BCUT2D eigenvalue weighted by Crippen LogP contribution is 2.31. The lowest BCUT2D eigenvalue weighted by Crippen LogP contribution is -2.53. The summed E-state index contributed by atoms with van der Waals surface area (Å²) in [7, 11) is 0. The van der Waals surface area contributed by atoms with Crippen molar-refractivity contribution >= 4 is 11.9 Å². The summed E-state index contributed by atoms with van der Waals surface area (Å²) in [5.41, 5.74) is 0. The highest BCUT2D eigenvalue weighted by molar-refractivity contribution is 5.78. The Labute approximate surface area is 163 Å². The molecule has 0 bridgehead atoms. The summed E-state index contributed by atoms with van der Waals surface area (Å²) in [4.78, 5) is 31.5. The molecule has 152 valence electrons. The lowest BCUT2D eigenvalue weighted by molar-refractivity contribution is -0.133. The molecule has 1 atom stereocenters. The summed E-state index contributed by atoms with van der Waals surface area (Å²) in [5.74, 6) is 1.50. The number of hydrogen-bond donors (Lipinski definition) is 1. The lowest BCUT2D eigenvalue weighted by Gasteiger charge is -2.36. The molecule has 2 saturated carbocycles. The van der Waals surface area contributed by atoms with Gasteiger partial charge in [-0.3, -0.25) is 4.79 Å². The molecule has 4 aliphatic rings. The summed E-state index contributed by atoms with van der Waals surface area (Å²) in [6.07, 6.45) is 11.0. The second kappa shape index (κ2) is 8.80. The van der Waals surface area contributed by atoms with Gasteiger partial charge in [-0.1, -0.05) is 19.3 Å². The van der Waals surface area contributed by atoms with Gasteiger partial charge in [-0.2, -0.15) is 0 Å². The Hall–Kier alpha value is -1.30. The van der Waals surface area contributed by atoms with Crippen LogP contribution in [0.5, 0.6) is 0 Å². The summed E-state index contributed by atoms with van der Waals surface area (Å²) in [6, 6.07) is 0.893. The van der Waals surface area contributed by atoms with Crippen LogP contribution in [0.3, 0.4) is 0 Å². The van der Waals surface area contributed by atoms with Crippen molar-refractivity contribution in [3.8, 4) is 0 Å². The number of nitrogens with one attached hydrogen (secondary N) is 1. The fourth-order valence-corrected chi connectivity index (χ4v) is 5.07. The van der Waals surface area contributed by atoms with Crippen LogP contribution in [0.4, 0.5) is 4.79 Å². The fraction of sp³-hybridized carbons (Fsp3) is 0.905. The molecule has 1 N–H and O–H groups in total. The van der Waals surface area contributed by atoms with E-state index in [-0.39, 0.29) is 6.03 Å². The zero-order valence-corrected chi connectivity index (χ0v) is 16.7. The van der Waals surface area contributed by atoms with E-state index < -0.39 is 0 Å². The Morgan fingerprint density at radius 2 is 1.48 bits per heavy atom. The molecule has 2 saturated heterocycles. The van der Waals surface area contributed by atoms with Crippen LogP contribution < -0.4 is 5.32 Å². The number of hydrogen-bond acceptors (Lipinski definition) is 3. The summed E-state index contributed by atoms with van der Waals surface area (Å²) in [5, 5.41) is 3.14. The number of carbonyl (C=O) groups is 2. The van der Waals surface area contributed by atoms with Crippen LogP contribution in [0.2, 0.25) is 0 Å². The van der Waals surface area contributed by atoms with Gasteiger partial charge in [0.1, 0.15) is 0 Å². The molecular weight excluding hydrogens is 340 g/mol. The van der Waals surface area contributed by atoms with Crippen LogP contribution in [0, 0.1) is 11.8 Å². The van der Waals surface area contributed by atoms with Crippen molar-refractivity contribution in [3.05, 3.63) is 0 Å². The van der Waals surface area contributed by atoms with Gasteiger partial charge in [-0.15, -0.1) is 0 Å². The zero-order chi connectivity index (χ0) is 18.6. The first kappa shape index (κ1) is 19.0. The average molecular weight is 377 g/mol. The van der Waals surface area contributed by atoms with Crippen LogP contribution in [0.25, 0.3) is 0 Å². The van der Waals surface area contributed by atoms with Gasteiger partial charge in [-0.25, -0.2) is 4.79 Å². The van der Waals surface area contributed by atoms with Gasteiger partial charge in [0, 0.05) is 51.7 Å². The van der Waals surface area contributed by atoms with Gasteiger partial charge in [0.05, 0.1) is 0 Å². The van der Waals surface area contributed by atoms with Crippen molar-refractivity contribution < 1.29 is 9.59 Å². The maximum atomic E-state index is 12.5. The van der Waals surface area contributed by atoms with E-state index in [0.717, 1.165) is 19.1 Å². The van der Waals surface area contributed by atoms with Crippen molar-refractivity contribution in [3.63, 3.8) is 0 Å². The van der Waals surface area contributed by atoms with Crippen LogP contribution >= 0.6 is 0 Å². The molecule has 1 unspecified atom stereocenters. The minimum absolute atomic E-state index is 0.0549. The second-order valence-electron chi connectivity index (χ2n) is 9.14. The van der Waals surface area contributed by atoms with Crippen LogP contribution in [0.1, 0.15) is 57.8 Å². The third-order valence-corrected chi connectivity index (χ3v) is 7.03. The van der Waals surface area contributed by atoms with Crippen LogP contribution in [-0.4, -0.2) is 78.5 Å². The van der Waals surface area contributed by atoms with Crippen molar-refractivity contribution in [2.45, 2.75) is 63.8 Å². The SMILES string of the molecule is O=C(CC1CCCCC1)N1CCN(C(=O)NCC2CCN(C3CC3)C2)CC1. The molecule has 2 aliphatic heterocycles. The Balaban J connectivity index is 1.13. The molecule has 0 aromatic rings. The van der Waals surface area contributed by atoms with E-state index in [1.54, 1.807) is 0 Å². The van der Waals surface area contributed by atoms with Crippen molar-refractivity contribution in [2.75, 3.05) is 45.8 Å². The van der Waals surface area contributed by atoms with E-state index >= 15 is 0 Å². The number of nitrogens with zero attached hydrogens (tertiary/aromatic N) is 3. The molecule has 2 heterocycles. The Morgan fingerprint density at radius 1 is 0.778 bits per heavy atom. The van der Waals surface area contributed by atoms with E-state index in [1.807, 2.05) is 9.80 Å². The minimum Gasteiger partial charge on any atom is -0.339 e. The van der Waals surface area contributed by atoms with Gasteiger partial charge in [-0.05, 0) is 50.5 Å². The van der Waals surface area contributed by atoms with Crippen molar-refractivity contribution in [1.29, 1.82) is 0 Å². The molecule has 2 aliphatic carbocycles.